The molecule has 0 aromatic heterocycles. The van der Waals surface area contributed by atoms with E-state index in [1.54, 1.807) is 0 Å². The molecule has 0 saturated carbocycles. The van der Waals surface area contributed by atoms with Crippen molar-refractivity contribution in [3.8, 4) is 0 Å². The molecule has 1 aromatic carbocycles. The van der Waals surface area contributed by atoms with Crippen LogP contribution >= 0.6 is 0 Å². The number of hydrogen-bond acceptors (Lipinski definition) is 3. The van der Waals surface area contributed by atoms with Gasteiger partial charge in [0.1, 0.15) is 0 Å². The SMILES string of the molecule is Cc1cc(C)c(C)c(N(C)CC(O)CCN)c1C. The molecule has 18 heavy (non-hydrogen) atoms. The second-order valence-electron chi connectivity index (χ2n) is 5.22. The number of aliphatic hydroxyl groups is 1. The number of nitrogens with zero attached hydrogens (tertiary/aromatic N) is 1. The van der Waals surface area contributed by atoms with Crippen LogP contribution in [-0.2, 0) is 0 Å². The Kier molecular flexibility index (Phi) is 5.17. The summed E-state index contributed by atoms with van der Waals surface area (Å²) in [5, 5.41) is 9.88. The smallest absolute Gasteiger partial charge is 0.0726 e. The van der Waals surface area contributed by atoms with Gasteiger partial charge in [-0.25, -0.2) is 0 Å². The Morgan fingerprint density at radius 3 is 2.11 bits per heavy atom. The monoisotopic (exact) mass is 250 g/mol. The Hall–Kier alpha value is -1.06. The number of nitrogens with two attached hydrogens (primary N) is 1. The highest BCUT2D eigenvalue weighted by atomic mass is 16.3. The van der Waals surface area contributed by atoms with E-state index in [2.05, 4.69) is 38.7 Å². The summed E-state index contributed by atoms with van der Waals surface area (Å²) in [7, 11) is 2.04. The molecular formula is C15H26N2O. The number of hydrogen-bond donors (Lipinski definition) is 2. The third-order valence-corrected chi connectivity index (χ3v) is 3.69. The Labute approximate surface area is 111 Å². The molecule has 3 nitrogen and oxygen atoms in total. The highest BCUT2D eigenvalue weighted by Gasteiger charge is 2.15. The quantitative estimate of drug-likeness (QED) is 0.841. The lowest BCUT2D eigenvalue weighted by Gasteiger charge is -2.28. The molecule has 3 N–H and O–H groups in total. The van der Waals surface area contributed by atoms with Gasteiger partial charge in [0, 0.05) is 19.3 Å². The zero-order chi connectivity index (χ0) is 13.9. The predicted molar refractivity (Wildman–Crippen MR) is 78.3 cm³/mol. The molecule has 0 aliphatic rings. The van der Waals surface area contributed by atoms with Crippen LogP contribution in [0.3, 0.4) is 0 Å². The Morgan fingerprint density at radius 1 is 1.17 bits per heavy atom. The lowest BCUT2D eigenvalue weighted by Crippen LogP contribution is -2.31. The highest BCUT2D eigenvalue weighted by molar-refractivity contribution is 5.63. The molecule has 1 aromatic rings. The summed E-state index contributed by atoms with van der Waals surface area (Å²) >= 11 is 0. The average molecular weight is 250 g/mol. The van der Waals surface area contributed by atoms with Crippen LogP contribution in [0.25, 0.3) is 0 Å². The molecular weight excluding hydrogens is 224 g/mol. The van der Waals surface area contributed by atoms with Crippen LogP contribution < -0.4 is 10.6 Å². The van der Waals surface area contributed by atoms with E-state index in [0.717, 1.165) is 0 Å². The van der Waals surface area contributed by atoms with Crippen LogP contribution in [0.15, 0.2) is 6.07 Å². The lowest BCUT2D eigenvalue weighted by molar-refractivity contribution is 0.174. The molecule has 0 saturated heterocycles. The minimum Gasteiger partial charge on any atom is -0.391 e. The minimum absolute atomic E-state index is 0.361. The summed E-state index contributed by atoms with van der Waals surface area (Å²) < 4.78 is 0. The van der Waals surface area contributed by atoms with E-state index < -0.39 is 0 Å². The maximum atomic E-state index is 9.88. The van der Waals surface area contributed by atoms with Gasteiger partial charge in [0.2, 0.25) is 0 Å². The molecule has 0 aliphatic heterocycles. The Morgan fingerprint density at radius 2 is 1.67 bits per heavy atom. The van der Waals surface area contributed by atoms with E-state index in [4.69, 9.17) is 5.73 Å². The Bertz CT molecular complexity index is 389. The van der Waals surface area contributed by atoms with Gasteiger partial charge in [0.05, 0.1) is 6.10 Å². The van der Waals surface area contributed by atoms with E-state index in [-0.39, 0.29) is 6.10 Å². The highest BCUT2D eigenvalue weighted by Crippen LogP contribution is 2.29. The molecule has 0 fully saturated rings. The zero-order valence-electron chi connectivity index (χ0n) is 12.2. The number of rotatable bonds is 5. The van der Waals surface area contributed by atoms with Crippen molar-refractivity contribution in [1.82, 2.24) is 0 Å². The third kappa shape index (κ3) is 3.24. The summed E-state index contributed by atoms with van der Waals surface area (Å²) in [5.74, 6) is 0. The lowest BCUT2D eigenvalue weighted by atomic mass is 9.98. The van der Waals surface area contributed by atoms with Crippen molar-refractivity contribution in [2.75, 3.05) is 25.0 Å². The van der Waals surface area contributed by atoms with Crippen LogP contribution in [-0.4, -0.2) is 31.3 Å². The van der Waals surface area contributed by atoms with Gasteiger partial charge in [-0.15, -0.1) is 0 Å². The fourth-order valence-electron chi connectivity index (χ4n) is 2.46. The standard InChI is InChI=1S/C15H26N2O/c1-10-8-11(2)13(4)15(12(10)3)17(5)9-14(18)6-7-16/h8,14,18H,6-7,9,16H2,1-5H3. The second kappa shape index (κ2) is 6.21. The first kappa shape index (κ1) is 15.0. The number of aryl methyl sites for hydroxylation is 2. The Balaban J connectivity index is 3.01. The predicted octanol–water partition coefficient (Wildman–Crippen LogP) is 2.07. The van der Waals surface area contributed by atoms with E-state index in [1.807, 2.05) is 7.05 Å². The third-order valence-electron chi connectivity index (χ3n) is 3.69. The summed E-state index contributed by atoms with van der Waals surface area (Å²) in [4.78, 5) is 2.14. The average Bonchev–Trinajstić information content (AvgIpc) is 2.27. The summed E-state index contributed by atoms with van der Waals surface area (Å²) in [6.07, 6.45) is 0.285. The van der Waals surface area contributed by atoms with Crippen LogP contribution in [0.2, 0.25) is 0 Å². The van der Waals surface area contributed by atoms with Gasteiger partial charge in [-0.3, -0.25) is 0 Å². The molecule has 0 bridgehead atoms. The molecule has 1 rings (SSSR count). The molecule has 1 unspecified atom stereocenters. The van der Waals surface area contributed by atoms with E-state index in [9.17, 15) is 5.11 Å². The van der Waals surface area contributed by atoms with Crippen molar-refractivity contribution in [3.05, 3.63) is 28.3 Å². The van der Waals surface area contributed by atoms with Crippen molar-refractivity contribution in [2.45, 2.75) is 40.2 Å². The summed E-state index contributed by atoms with van der Waals surface area (Å²) in [6.45, 7) is 9.71. The number of benzene rings is 1. The molecule has 0 heterocycles. The van der Waals surface area contributed by atoms with Gasteiger partial charge in [-0.1, -0.05) is 6.07 Å². The molecule has 0 radical (unpaired) electrons. The zero-order valence-corrected chi connectivity index (χ0v) is 12.2. The van der Waals surface area contributed by atoms with E-state index in [1.165, 1.54) is 27.9 Å². The number of aliphatic hydroxyl groups excluding tert-OH is 1. The van der Waals surface area contributed by atoms with Crippen molar-refractivity contribution in [1.29, 1.82) is 0 Å². The first-order valence-electron chi connectivity index (χ1n) is 6.55. The van der Waals surface area contributed by atoms with Crippen molar-refractivity contribution in [2.24, 2.45) is 5.73 Å². The molecule has 102 valence electrons. The van der Waals surface area contributed by atoms with Gasteiger partial charge in [-0.2, -0.15) is 0 Å². The van der Waals surface area contributed by atoms with Crippen LogP contribution in [0, 0.1) is 27.7 Å². The van der Waals surface area contributed by atoms with E-state index >= 15 is 0 Å². The first-order valence-corrected chi connectivity index (χ1v) is 6.55. The maximum Gasteiger partial charge on any atom is 0.0726 e. The summed E-state index contributed by atoms with van der Waals surface area (Å²) in [6, 6.07) is 2.22. The molecule has 1 atom stereocenters. The van der Waals surface area contributed by atoms with Crippen molar-refractivity contribution in [3.63, 3.8) is 0 Å². The summed E-state index contributed by atoms with van der Waals surface area (Å²) in [5.41, 5.74) is 11.9. The fourth-order valence-corrected chi connectivity index (χ4v) is 2.46. The van der Waals surface area contributed by atoms with Gasteiger partial charge < -0.3 is 15.7 Å². The first-order chi connectivity index (χ1) is 8.38. The van der Waals surface area contributed by atoms with Crippen LogP contribution in [0.5, 0.6) is 0 Å². The molecule has 0 spiro atoms. The van der Waals surface area contributed by atoms with Gasteiger partial charge >= 0.3 is 0 Å². The molecule has 3 heteroatoms. The minimum atomic E-state index is -0.361. The van der Waals surface area contributed by atoms with Crippen molar-refractivity contribution >= 4 is 5.69 Å². The molecule has 0 aliphatic carbocycles. The fraction of sp³-hybridized carbons (Fsp3) is 0.600. The molecule has 0 amide bonds. The maximum absolute atomic E-state index is 9.88. The number of likely N-dealkylation sites (N-methyl/N-ethyl adjacent to an activating group) is 1. The second-order valence-corrected chi connectivity index (χ2v) is 5.22. The van der Waals surface area contributed by atoms with E-state index in [0.29, 0.717) is 19.5 Å². The number of anilines is 1. The van der Waals surface area contributed by atoms with Gasteiger partial charge in [0.15, 0.2) is 0 Å². The van der Waals surface area contributed by atoms with Gasteiger partial charge in [-0.05, 0) is 62.9 Å². The largest absolute Gasteiger partial charge is 0.391 e. The van der Waals surface area contributed by atoms with Crippen molar-refractivity contribution < 1.29 is 5.11 Å². The normalized spacial score (nSPS) is 12.6. The van der Waals surface area contributed by atoms with Crippen LogP contribution in [0.4, 0.5) is 5.69 Å². The topological polar surface area (TPSA) is 49.5 Å². The van der Waals surface area contributed by atoms with Gasteiger partial charge in [0.25, 0.3) is 0 Å². The van der Waals surface area contributed by atoms with Crippen LogP contribution in [0.1, 0.15) is 28.7 Å².